The van der Waals surface area contributed by atoms with Crippen molar-refractivity contribution >= 4 is 29.9 Å². The Morgan fingerprint density at radius 1 is 1.32 bits per heavy atom. The molecule has 1 aromatic rings. The van der Waals surface area contributed by atoms with Crippen LogP contribution in [0.15, 0.2) is 29.3 Å². The highest BCUT2D eigenvalue weighted by molar-refractivity contribution is 14.0. The molecule has 0 saturated heterocycles. The van der Waals surface area contributed by atoms with Crippen molar-refractivity contribution in [3.8, 4) is 0 Å². The van der Waals surface area contributed by atoms with Crippen molar-refractivity contribution in [1.29, 1.82) is 0 Å². The summed E-state index contributed by atoms with van der Waals surface area (Å²) in [6.45, 7) is 6.22. The molecule has 1 rings (SSSR count). The standard InChI is InChI=1S/C15H25N3.HI/c1-5-6-11-17-15(16-3)18(4)12-14-10-8-7-9-13(14)2;/h7-10H,5-6,11-12H2,1-4H3,(H,16,17);1H. The van der Waals surface area contributed by atoms with E-state index in [9.17, 15) is 0 Å². The number of halogens is 1. The van der Waals surface area contributed by atoms with Crippen LogP contribution in [0, 0.1) is 6.92 Å². The number of rotatable bonds is 5. The minimum absolute atomic E-state index is 0. The molecule has 3 nitrogen and oxygen atoms in total. The van der Waals surface area contributed by atoms with Crippen LogP contribution >= 0.6 is 24.0 Å². The van der Waals surface area contributed by atoms with Crippen LogP contribution in [0.3, 0.4) is 0 Å². The minimum atomic E-state index is 0. The van der Waals surface area contributed by atoms with Gasteiger partial charge in [0.05, 0.1) is 0 Å². The second-order valence-electron chi connectivity index (χ2n) is 4.61. The maximum atomic E-state index is 4.32. The summed E-state index contributed by atoms with van der Waals surface area (Å²) >= 11 is 0. The summed E-state index contributed by atoms with van der Waals surface area (Å²) in [5.74, 6) is 0.965. The molecule has 0 aromatic heterocycles. The van der Waals surface area contributed by atoms with Gasteiger partial charge in [-0.2, -0.15) is 0 Å². The van der Waals surface area contributed by atoms with Gasteiger partial charge < -0.3 is 10.2 Å². The molecule has 0 fully saturated rings. The third-order valence-electron chi connectivity index (χ3n) is 3.06. The van der Waals surface area contributed by atoms with E-state index < -0.39 is 0 Å². The summed E-state index contributed by atoms with van der Waals surface area (Å²) in [6.07, 6.45) is 2.38. The predicted molar refractivity (Wildman–Crippen MR) is 94.3 cm³/mol. The lowest BCUT2D eigenvalue weighted by atomic mass is 10.1. The topological polar surface area (TPSA) is 27.6 Å². The van der Waals surface area contributed by atoms with Crippen molar-refractivity contribution in [2.24, 2.45) is 4.99 Å². The Hall–Kier alpha value is -0.780. The van der Waals surface area contributed by atoms with Gasteiger partial charge in [0.25, 0.3) is 0 Å². The summed E-state index contributed by atoms with van der Waals surface area (Å²) in [7, 11) is 3.91. The molecule has 108 valence electrons. The zero-order valence-electron chi connectivity index (χ0n) is 12.4. The Balaban J connectivity index is 0.00000324. The summed E-state index contributed by atoms with van der Waals surface area (Å²) in [4.78, 5) is 6.48. The zero-order chi connectivity index (χ0) is 13.4. The Kier molecular flexibility index (Phi) is 9.65. The van der Waals surface area contributed by atoms with Crippen molar-refractivity contribution in [1.82, 2.24) is 10.2 Å². The fourth-order valence-electron chi connectivity index (χ4n) is 1.88. The van der Waals surface area contributed by atoms with E-state index in [-0.39, 0.29) is 24.0 Å². The molecule has 0 aliphatic carbocycles. The lowest BCUT2D eigenvalue weighted by molar-refractivity contribution is 0.474. The molecule has 1 N–H and O–H groups in total. The van der Waals surface area contributed by atoms with Gasteiger partial charge in [0, 0.05) is 27.2 Å². The zero-order valence-corrected chi connectivity index (χ0v) is 14.8. The van der Waals surface area contributed by atoms with Crippen molar-refractivity contribution in [3.05, 3.63) is 35.4 Å². The van der Waals surface area contributed by atoms with E-state index in [1.165, 1.54) is 24.0 Å². The second kappa shape index (κ2) is 10.1. The number of unbranched alkanes of at least 4 members (excludes halogenated alkanes) is 1. The van der Waals surface area contributed by atoms with Crippen molar-refractivity contribution in [2.75, 3.05) is 20.6 Å². The maximum Gasteiger partial charge on any atom is 0.193 e. The van der Waals surface area contributed by atoms with E-state index in [4.69, 9.17) is 0 Å². The number of benzene rings is 1. The highest BCUT2D eigenvalue weighted by Crippen LogP contribution is 2.09. The Morgan fingerprint density at radius 2 is 2.00 bits per heavy atom. The summed E-state index contributed by atoms with van der Waals surface area (Å²) in [5.41, 5.74) is 2.67. The van der Waals surface area contributed by atoms with Gasteiger partial charge in [0.2, 0.25) is 0 Å². The molecule has 0 aliphatic rings. The number of nitrogens with zero attached hydrogens (tertiary/aromatic N) is 2. The molecule has 0 radical (unpaired) electrons. The monoisotopic (exact) mass is 375 g/mol. The number of guanidine groups is 1. The third-order valence-corrected chi connectivity index (χ3v) is 3.06. The highest BCUT2D eigenvalue weighted by atomic mass is 127. The van der Waals surface area contributed by atoms with Crippen LogP contribution < -0.4 is 5.32 Å². The van der Waals surface area contributed by atoms with Crippen LogP contribution in [0.5, 0.6) is 0 Å². The van der Waals surface area contributed by atoms with Gasteiger partial charge >= 0.3 is 0 Å². The molecular formula is C15H26IN3. The minimum Gasteiger partial charge on any atom is -0.356 e. The molecule has 1 aromatic carbocycles. The van der Waals surface area contributed by atoms with Gasteiger partial charge in [-0.25, -0.2) is 0 Å². The first-order valence-corrected chi connectivity index (χ1v) is 6.65. The summed E-state index contributed by atoms with van der Waals surface area (Å²) in [6, 6.07) is 8.48. The van der Waals surface area contributed by atoms with E-state index in [1.807, 2.05) is 7.05 Å². The summed E-state index contributed by atoms with van der Waals surface area (Å²) in [5, 5.41) is 3.39. The van der Waals surface area contributed by atoms with Crippen LogP contribution in [0.2, 0.25) is 0 Å². The van der Waals surface area contributed by atoms with Gasteiger partial charge in [-0.05, 0) is 24.5 Å². The van der Waals surface area contributed by atoms with Gasteiger partial charge in [-0.3, -0.25) is 4.99 Å². The summed E-state index contributed by atoms with van der Waals surface area (Å²) < 4.78 is 0. The van der Waals surface area contributed by atoms with Crippen molar-refractivity contribution in [2.45, 2.75) is 33.2 Å². The quantitative estimate of drug-likeness (QED) is 0.370. The molecule has 4 heteroatoms. The van der Waals surface area contributed by atoms with Crippen molar-refractivity contribution < 1.29 is 0 Å². The van der Waals surface area contributed by atoms with Crippen LogP contribution in [-0.4, -0.2) is 31.5 Å². The lowest BCUT2D eigenvalue weighted by Gasteiger charge is -2.23. The van der Waals surface area contributed by atoms with E-state index >= 15 is 0 Å². The van der Waals surface area contributed by atoms with Crippen LogP contribution in [0.1, 0.15) is 30.9 Å². The number of nitrogens with one attached hydrogen (secondary N) is 1. The first-order valence-electron chi connectivity index (χ1n) is 6.65. The lowest BCUT2D eigenvalue weighted by Crippen LogP contribution is -2.38. The molecule has 0 bridgehead atoms. The molecule has 0 saturated carbocycles. The van der Waals surface area contributed by atoms with Gasteiger partial charge in [0.15, 0.2) is 5.96 Å². The third kappa shape index (κ3) is 6.27. The van der Waals surface area contributed by atoms with E-state index in [0.717, 1.165) is 19.0 Å². The fraction of sp³-hybridized carbons (Fsp3) is 0.533. The largest absolute Gasteiger partial charge is 0.356 e. The number of hydrogen-bond donors (Lipinski definition) is 1. The molecular weight excluding hydrogens is 349 g/mol. The molecule has 19 heavy (non-hydrogen) atoms. The van der Waals surface area contributed by atoms with Gasteiger partial charge in [-0.15, -0.1) is 24.0 Å². The Bertz CT molecular complexity index is 391. The second-order valence-corrected chi connectivity index (χ2v) is 4.61. The SMILES string of the molecule is CCCCNC(=NC)N(C)Cc1ccccc1C.I. The van der Waals surface area contributed by atoms with E-state index in [1.54, 1.807) is 0 Å². The van der Waals surface area contributed by atoms with Crippen LogP contribution in [0.4, 0.5) is 0 Å². The molecule has 0 unspecified atom stereocenters. The predicted octanol–water partition coefficient (Wildman–Crippen LogP) is 3.42. The molecule has 0 aliphatic heterocycles. The molecule has 0 heterocycles. The van der Waals surface area contributed by atoms with Crippen LogP contribution in [-0.2, 0) is 6.54 Å². The first-order chi connectivity index (χ1) is 8.69. The van der Waals surface area contributed by atoms with Gasteiger partial charge in [0.1, 0.15) is 0 Å². The Morgan fingerprint density at radius 3 is 2.58 bits per heavy atom. The Labute approximate surface area is 134 Å². The number of hydrogen-bond acceptors (Lipinski definition) is 1. The number of aliphatic imine (C=N–C) groups is 1. The fourth-order valence-corrected chi connectivity index (χ4v) is 1.88. The van der Waals surface area contributed by atoms with E-state index in [2.05, 4.69) is 60.4 Å². The molecule has 0 spiro atoms. The van der Waals surface area contributed by atoms with E-state index in [0.29, 0.717) is 0 Å². The smallest absolute Gasteiger partial charge is 0.193 e. The van der Waals surface area contributed by atoms with Gasteiger partial charge in [-0.1, -0.05) is 37.6 Å². The molecule has 0 amide bonds. The average molecular weight is 375 g/mol. The highest BCUT2D eigenvalue weighted by Gasteiger charge is 2.07. The first kappa shape index (κ1) is 18.2. The number of aryl methyl sites for hydroxylation is 1. The van der Waals surface area contributed by atoms with Crippen molar-refractivity contribution in [3.63, 3.8) is 0 Å². The molecule has 0 atom stereocenters. The van der Waals surface area contributed by atoms with Crippen LogP contribution in [0.25, 0.3) is 0 Å². The maximum absolute atomic E-state index is 4.32. The normalized spacial score (nSPS) is 10.8. The average Bonchev–Trinajstić information content (AvgIpc) is 2.37.